The highest BCUT2D eigenvalue weighted by Crippen LogP contribution is 2.22. The van der Waals surface area contributed by atoms with Gasteiger partial charge in [0.1, 0.15) is 6.54 Å². The number of nitrogens with zero attached hydrogens (tertiary/aromatic N) is 1. The number of unbranched alkanes of at least 4 members (excludes halogenated alkanes) is 27. The van der Waals surface area contributed by atoms with Crippen LogP contribution in [0.15, 0.2) is 0 Å². The maximum atomic E-state index is 9.52. The van der Waals surface area contributed by atoms with Crippen LogP contribution in [0.4, 0.5) is 0 Å². The van der Waals surface area contributed by atoms with Gasteiger partial charge in [0.05, 0.1) is 27.2 Å². The molecule has 2 heteroatoms. The second-order valence-corrected chi connectivity index (χ2v) is 14.6. The lowest BCUT2D eigenvalue weighted by molar-refractivity contribution is -0.894. The molecule has 2 nitrogen and oxygen atoms in total. The molecule has 0 aromatic heterocycles. The van der Waals surface area contributed by atoms with Gasteiger partial charge in [-0.15, -0.1) is 0 Å². The average molecular weight is 581 g/mol. The fourth-order valence-electron chi connectivity index (χ4n) is 6.82. The highest BCUT2D eigenvalue weighted by atomic mass is 16.3. The molecule has 0 saturated heterocycles. The standard InChI is InChI=1S/C39H82NO/c1-5-7-9-11-13-15-17-19-21-23-25-27-29-31-33-35-39(38-40(3,4)36-37-41)34-32-30-28-26-24-22-20-18-16-14-12-10-8-6-2/h39,41H,5-38H2,1-4H3/q+1. The molecule has 1 unspecified atom stereocenters. The molecule has 0 aliphatic rings. The van der Waals surface area contributed by atoms with Crippen molar-refractivity contribution in [2.75, 3.05) is 33.8 Å². The van der Waals surface area contributed by atoms with Gasteiger partial charge in [-0.2, -0.15) is 0 Å². The normalized spacial score (nSPS) is 12.8. The van der Waals surface area contributed by atoms with Gasteiger partial charge in [-0.25, -0.2) is 0 Å². The van der Waals surface area contributed by atoms with Crippen molar-refractivity contribution in [3.8, 4) is 0 Å². The molecule has 1 atom stereocenters. The second kappa shape index (κ2) is 32.8. The first kappa shape index (κ1) is 40.9. The first-order chi connectivity index (χ1) is 20.1. The maximum Gasteiger partial charge on any atom is 0.102 e. The number of rotatable bonds is 35. The minimum absolute atomic E-state index is 0.317. The van der Waals surface area contributed by atoms with Crippen LogP contribution in [0, 0.1) is 5.92 Å². The molecule has 0 bridgehead atoms. The van der Waals surface area contributed by atoms with Gasteiger partial charge in [0.15, 0.2) is 0 Å². The van der Waals surface area contributed by atoms with E-state index in [1.165, 1.54) is 206 Å². The van der Waals surface area contributed by atoms with Crippen molar-refractivity contribution >= 4 is 0 Å². The van der Waals surface area contributed by atoms with Crippen LogP contribution in [0.3, 0.4) is 0 Å². The van der Waals surface area contributed by atoms with E-state index in [2.05, 4.69) is 27.9 Å². The third-order valence-corrected chi connectivity index (χ3v) is 9.64. The van der Waals surface area contributed by atoms with Gasteiger partial charge in [0.2, 0.25) is 0 Å². The van der Waals surface area contributed by atoms with E-state index in [1.807, 2.05) is 0 Å². The molecule has 0 rings (SSSR count). The Morgan fingerprint density at radius 1 is 0.390 bits per heavy atom. The summed E-state index contributed by atoms with van der Waals surface area (Å²) in [5.41, 5.74) is 0. The SMILES string of the molecule is CCCCCCCCCCCCCCCCCC(CCCCCCCCCCCCCCCC)C[N+](C)(C)CCO. The molecule has 0 aromatic rings. The molecule has 0 aromatic carbocycles. The third-order valence-electron chi connectivity index (χ3n) is 9.64. The van der Waals surface area contributed by atoms with Crippen LogP contribution in [0.25, 0.3) is 0 Å². The fourth-order valence-corrected chi connectivity index (χ4v) is 6.82. The van der Waals surface area contributed by atoms with Crippen LogP contribution in [-0.4, -0.2) is 43.4 Å². The second-order valence-electron chi connectivity index (χ2n) is 14.6. The van der Waals surface area contributed by atoms with Crippen LogP contribution >= 0.6 is 0 Å². The van der Waals surface area contributed by atoms with E-state index in [0.29, 0.717) is 6.61 Å². The monoisotopic (exact) mass is 581 g/mol. The molecular formula is C39H82NO+. The summed E-state index contributed by atoms with van der Waals surface area (Å²) in [5, 5.41) is 9.52. The van der Waals surface area contributed by atoms with Gasteiger partial charge in [0.25, 0.3) is 0 Å². The highest BCUT2D eigenvalue weighted by molar-refractivity contribution is 4.61. The Kier molecular flexibility index (Phi) is 32.8. The van der Waals surface area contributed by atoms with Crippen molar-refractivity contribution in [1.29, 1.82) is 0 Å². The number of hydrogen-bond donors (Lipinski definition) is 1. The van der Waals surface area contributed by atoms with Crippen LogP contribution in [0.1, 0.15) is 213 Å². The molecule has 0 radical (unpaired) electrons. The van der Waals surface area contributed by atoms with Gasteiger partial charge in [-0.05, 0) is 12.8 Å². The van der Waals surface area contributed by atoms with Gasteiger partial charge in [0, 0.05) is 5.92 Å². The molecule has 248 valence electrons. The summed E-state index contributed by atoms with van der Waals surface area (Å²) in [4.78, 5) is 0. The number of likely N-dealkylation sites (N-methyl/N-ethyl adjacent to an activating group) is 1. The smallest absolute Gasteiger partial charge is 0.102 e. The number of hydrogen-bond acceptors (Lipinski definition) is 1. The molecular weight excluding hydrogens is 498 g/mol. The number of aliphatic hydroxyl groups is 1. The quantitative estimate of drug-likeness (QED) is 0.0584. The van der Waals surface area contributed by atoms with E-state index in [9.17, 15) is 5.11 Å². The Labute approximate surface area is 261 Å². The average Bonchev–Trinajstić information content (AvgIpc) is 2.94. The summed E-state index contributed by atoms with van der Waals surface area (Å²) in [7, 11) is 4.64. The summed E-state index contributed by atoms with van der Waals surface area (Å²) < 4.78 is 0.985. The molecule has 41 heavy (non-hydrogen) atoms. The van der Waals surface area contributed by atoms with Crippen molar-refractivity contribution in [2.24, 2.45) is 5.92 Å². The first-order valence-electron chi connectivity index (χ1n) is 19.5. The molecule has 0 heterocycles. The predicted molar refractivity (Wildman–Crippen MR) is 187 cm³/mol. The Balaban J connectivity index is 3.79. The molecule has 0 saturated carbocycles. The van der Waals surface area contributed by atoms with Crippen LogP contribution in [0.5, 0.6) is 0 Å². The first-order valence-corrected chi connectivity index (χ1v) is 19.5. The van der Waals surface area contributed by atoms with E-state index in [-0.39, 0.29) is 0 Å². The molecule has 0 amide bonds. The lowest BCUT2D eigenvalue weighted by Crippen LogP contribution is -2.45. The van der Waals surface area contributed by atoms with E-state index < -0.39 is 0 Å². The van der Waals surface area contributed by atoms with E-state index in [4.69, 9.17) is 0 Å². The Bertz CT molecular complexity index is 476. The van der Waals surface area contributed by atoms with Gasteiger partial charge in [-0.3, -0.25) is 0 Å². The van der Waals surface area contributed by atoms with Crippen LogP contribution in [-0.2, 0) is 0 Å². The summed E-state index contributed by atoms with van der Waals surface area (Å²) in [6.07, 6.45) is 44.8. The predicted octanol–water partition coefficient (Wildman–Crippen LogP) is 12.8. The summed E-state index contributed by atoms with van der Waals surface area (Å²) in [5.74, 6) is 0.843. The zero-order valence-electron chi connectivity index (χ0n) is 29.5. The Hall–Kier alpha value is -0.0800. The molecule has 0 aliphatic carbocycles. The van der Waals surface area contributed by atoms with Gasteiger partial charge >= 0.3 is 0 Å². The van der Waals surface area contributed by atoms with Gasteiger partial charge in [-0.1, -0.05) is 200 Å². The topological polar surface area (TPSA) is 20.2 Å². The highest BCUT2D eigenvalue weighted by Gasteiger charge is 2.21. The van der Waals surface area contributed by atoms with Gasteiger partial charge < -0.3 is 9.59 Å². The molecule has 0 fully saturated rings. The summed E-state index contributed by atoms with van der Waals surface area (Å²) in [6, 6.07) is 0. The Morgan fingerprint density at radius 2 is 0.634 bits per heavy atom. The van der Waals surface area contributed by atoms with Crippen molar-refractivity contribution in [1.82, 2.24) is 0 Å². The van der Waals surface area contributed by atoms with Crippen molar-refractivity contribution in [3.05, 3.63) is 0 Å². The van der Waals surface area contributed by atoms with Crippen molar-refractivity contribution < 1.29 is 9.59 Å². The molecule has 1 N–H and O–H groups in total. The lowest BCUT2D eigenvalue weighted by atomic mass is 9.93. The molecule has 0 spiro atoms. The Morgan fingerprint density at radius 3 is 0.878 bits per heavy atom. The van der Waals surface area contributed by atoms with Crippen molar-refractivity contribution in [2.45, 2.75) is 213 Å². The minimum atomic E-state index is 0.317. The minimum Gasteiger partial charge on any atom is -0.391 e. The number of quaternary nitrogens is 1. The maximum absolute atomic E-state index is 9.52. The largest absolute Gasteiger partial charge is 0.391 e. The van der Waals surface area contributed by atoms with Crippen molar-refractivity contribution in [3.63, 3.8) is 0 Å². The fraction of sp³-hybridized carbons (Fsp3) is 1.00. The zero-order valence-corrected chi connectivity index (χ0v) is 29.5. The molecule has 0 aliphatic heterocycles. The van der Waals surface area contributed by atoms with Crippen LogP contribution < -0.4 is 0 Å². The van der Waals surface area contributed by atoms with E-state index in [0.717, 1.165) is 16.9 Å². The summed E-state index contributed by atoms with van der Waals surface area (Å²) in [6.45, 7) is 7.07. The van der Waals surface area contributed by atoms with E-state index >= 15 is 0 Å². The van der Waals surface area contributed by atoms with Crippen LogP contribution in [0.2, 0.25) is 0 Å². The zero-order chi connectivity index (χ0) is 30.1. The number of aliphatic hydroxyl groups excluding tert-OH is 1. The van der Waals surface area contributed by atoms with E-state index in [1.54, 1.807) is 0 Å². The summed E-state index contributed by atoms with van der Waals surface area (Å²) >= 11 is 0. The third kappa shape index (κ3) is 32.7. The lowest BCUT2D eigenvalue weighted by Gasteiger charge is -2.33.